The molecule has 0 saturated heterocycles. The molecular formula is C12H12FN2+. The minimum absolute atomic E-state index is 0.466. The SMILES string of the molecule is FCc1c[n+](Cc2ccccc2)ccn1. The van der Waals surface area contributed by atoms with E-state index < -0.39 is 6.67 Å². The van der Waals surface area contributed by atoms with Crippen LogP contribution in [-0.4, -0.2) is 4.98 Å². The van der Waals surface area contributed by atoms with Crippen molar-refractivity contribution in [3.8, 4) is 0 Å². The van der Waals surface area contributed by atoms with Gasteiger partial charge in [-0.05, 0) is 0 Å². The van der Waals surface area contributed by atoms with Crippen molar-refractivity contribution in [3.05, 3.63) is 60.2 Å². The van der Waals surface area contributed by atoms with E-state index in [1.54, 1.807) is 12.4 Å². The van der Waals surface area contributed by atoms with Crippen LogP contribution in [0.3, 0.4) is 0 Å². The summed E-state index contributed by atoms with van der Waals surface area (Å²) in [6.45, 7) is 0.228. The summed E-state index contributed by atoms with van der Waals surface area (Å²) in [5, 5.41) is 0. The second-order valence-electron chi connectivity index (χ2n) is 3.34. The van der Waals surface area contributed by atoms with Gasteiger partial charge in [-0.25, -0.2) is 9.37 Å². The summed E-state index contributed by atoms with van der Waals surface area (Å²) in [4.78, 5) is 3.90. The van der Waals surface area contributed by atoms with Gasteiger partial charge in [-0.3, -0.25) is 0 Å². The smallest absolute Gasteiger partial charge is 0.193 e. The Morgan fingerprint density at radius 1 is 1.20 bits per heavy atom. The molecule has 1 heterocycles. The number of benzene rings is 1. The molecule has 0 saturated carbocycles. The van der Waals surface area contributed by atoms with E-state index in [2.05, 4.69) is 4.98 Å². The van der Waals surface area contributed by atoms with Crippen LogP contribution in [0, 0.1) is 0 Å². The van der Waals surface area contributed by atoms with Gasteiger partial charge in [0.25, 0.3) is 0 Å². The first kappa shape index (κ1) is 9.77. The van der Waals surface area contributed by atoms with Crippen molar-refractivity contribution in [2.24, 2.45) is 0 Å². The van der Waals surface area contributed by atoms with Crippen LogP contribution in [0.2, 0.25) is 0 Å². The molecule has 0 unspecified atom stereocenters. The van der Waals surface area contributed by atoms with E-state index in [1.807, 2.05) is 41.1 Å². The fraction of sp³-hybridized carbons (Fsp3) is 0.167. The number of hydrogen-bond acceptors (Lipinski definition) is 1. The molecule has 0 N–H and O–H groups in total. The Morgan fingerprint density at radius 2 is 2.00 bits per heavy atom. The standard InChI is InChI=1S/C12H12FN2/c13-8-12-10-15(7-6-14-12)9-11-4-2-1-3-5-11/h1-7,10H,8-9H2/q+1. The summed E-state index contributed by atoms with van der Waals surface area (Å²) in [6.07, 6.45) is 5.19. The Bertz CT molecular complexity index is 429. The molecule has 0 aliphatic heterocycles. The zero-order valence-corrected chi connectivity index (χ0v) is 8.31. The van der Waals surface area contributed by atoms with Crippen LogP contribution >= 0.6 is 0 Å². The Morgan fingerprint density at radius 3 is 2.73 bits per heavy atom. The van der Waals surface area contributed by atoms with Gasteiger partial charge >= 0.3 is 0 Å². The first-order valence-corrected chi connectivity index (χ1v) is 4.82. The molecule has 1 aromatic heterocycles. The van der Waals surface area contributed by atoms with Crippen molar-refractivity contribution < 1.29 is 8.96 Å². The van der Waals surface area contributed by atoms with Gasteiger partial charge in [0, 0.05) is 5.56 Å². The van der Waals surface area contributed by atoms with Gasteiger partial charge in [-0.2, -0.15) is 4.57 Å². The summed E-state index contributed by atoms with van der Waals surface area (Å²) in [5.74, 6) is 0. The van der Waals surface area contributed by atoms with E-state index in [0.29, 0.717) is 5.69 Å². The minimum atomic E-state index is -0.518. The van der Waals surface area contributed by atoms with Crippen LogP contribution in [0.25, 0.3) is 0 Å². The molecule has 2 aromatic rings. The van der Waals surface area contributed by atoms with Gasteiger partial charge in [-0.15, -0.1) is 0 Å². The van der Waals surface area contributed by atoms with Crippen molar-refractivity contribution in [1.82, 2.24) is 4.98 Å². The van der Waals surface area contributed by atoms with Crippen LogP contribution in [0.15, 0.2) is 48.9 Å². The second kappa shape index (κ2) is 4.64. The summed E-state index contributed by atoms with van der Waals surface area (Å²) in [6, 6.07) is 10.1. The molecule has 76 valence electrons. The van der Waals surface area contributed by atoms with Gasteiger partial charge < -0.3 is 0 Å². The van der Waals surface area contributed by atoms with Crippen LogP contribution in [0.4, 0.5) is 4.39 Å². The summed E-state index contributed by atoms with van der Waals surface area (Å²) in [7, 11) is 0. The molecule has 3 heteroatoms. The predicted molar refractivity (Wildman–Crippen MR) is 54.8 cm³/mol. The highest BCUT2D eigenvalue weighted by Crippen LogP contribution is 1.98. The number of rotatable bonds is 3. The average Bonchev–Trinajstić information content (AvgIpc) is 2.31. The quantitative estimate of drug-likeness (QED) is 0.696. The lowest BCUT2D eigenvalue weighted by atomic mass is 10.2. The maximum atomic E-state index is 12.4. The van der Waals surface area contributed by atoms with Crippen molar-refractivity contribution in [2.45, 2.75) is 13.2 Å². The summed E-state index contributed by atoms with van der Waals surface area (Å²) < 4.78 is 14.3. The zero-order chi connectivity index (χ0) is 10.5. The minimum Gasteiger partial charge on any atom is -0.246 e. The number of alkyl halides is 1. The molecule has 1 aromatic carbocycles. The molecule has 0 aliphatic carbocycles. The monoisotopic (exact) mass is 203 g/mol. The van der Waals surface area contributed by atoms with E-state index >= 15 is 0 Å². The van der Waals surface area contributed by atoms with E-state index in [4.69, 9.17) is 0 Å². The van der Waals surface area contributed by atoms with Crippen LogP contribution in [0.1, 0.15) is 11.3 Å². The largest absolute Gasteiger partial charge is 0.246 e. The number of halogens is 1. The van der Waals surface area contributed by atoms with Crippen molar-refractivity contribution >= 4 is 0 Å². The fourth-order valence-electron chi connectivity index (χ4n) is 1.44. The molecule has 15 heavy (non-hydrogen) atoms. The topological polar surface area (TPSA) is 16.8 Å². The van der Waals surface area contributed by atoms with Crippen molar-refractivity contribution in [1.29, 1.82) is 0 Å². The second-order valence-corrected chi connectivity index (χ2v) is 3.34. The highest BCUT2D eigenvalue weighted by molar-refractivity contribution is 5.13. The lowest BCUT2D eigenvalue weighted by molar-refractivity contribution is -0.689. The molecule has 0 spiro atoms. The maximum absolute atomic E-state index is 12.4. The fourth-order valence-corrected chi connectivity index (χ4v) is 1.44. The van der Waals surface area contributed by atoms with Gasteiger partial charge in [0.05, 0.1) is 6.20 Å². The first-order chi connectivity index (χ1) is 7.38. The van der Waals surface area contributed by atoms with E-state index in [9.17, 15) is 4.39 Å². The van der Waals surface area contributed by atoms with Crippen LogP contribution in [-0.2, 0) is 13.2 Å². The Balaban J connectivity index is 2.17. The average molecular weight is 203 g/mol. The van der Waals surface area contributed by atoms with Crippen LogP contribution < -0.4 is 4.57 Å². The lowest BCUT2D eigenvalue weighted by Gasteiger charge is -1.97. The molecule has 0 atom stereocenters. The molecule has 0 aliphatic rings. The Kier molecular flexibility index (Phi) is 3.02. The van der Waals surface area contributed by atoms with Crippen LogP contribution in [0.5, 0.6) is 0 Å². The number of hydrogen-bond donors (Lipinski definition) is 0. The predicted octanol–water partition coefficient (Wildman–Crippen LogP) is 1.89. The normalized spacial score (nSPS) is 10.2. The van der Waals surface area contributed by atoms with E-state index in [1.165, 1.54) is 5.56 Å². The first-order valence-electron chi connectivity index (χ1n) is 4.82. The highest BCUT2D eigenvalue weighted by Gasteiger charge is 2.04. The molecule has 2 rings (SSSR count). The molecular weight excluding hydrogens is 191 g/mol. The Labute approximate surface area is 88.0 Å². The molecule has 2 nitrogen and oxygen atoms in total. The third-order valence-electron chi connectivity index (χ3n) is 2.16. The van der Waals surface area contributed by atoms with Gasteiger partial charge in [0.1, 0.15) is 12.4 Å². The Hall–Kier alpha value is -1.77. The zero-order valence-electron chi connectivity index (χ0n) is 8.31. The third kappa shape index (κ3) is 2.59. The number of aromatic nitrogens is 2. The van der Waals surface area contributed by atoms with Crippen molar-refractivity contribution in [3.63, 3.8) is 0 Å². The molecule has 0 radical (unpaired) electrons. The molecule has 0 bridgehead atoms. The van der Waals surface area contributed by atoms with Gasteiger partial charge in [0.2, 0.25) is 0 Å². The molecule has 0 fully saturated rings. The highest BCUT2D eigenvalue weighted by atomic mass is 19.1. The van der Waals surface area contributed by atoms with E-state index in [-0.39, 0.29) is 0 Å². The van der Waals surface area contributed by atoms with Gasteiger partial charge in [-0.1, -0.05) is 30.3 Å². The maximum Gasteiger partial charge on any atom is 0.193 e. The summed E-state index contributed by atoms with van der Waals surface area (Å²) >= 11 is 0. The van der Waals surface area contributed by atoms with Gasteiger partial charge in [0.15, 0.2) is 18.9 Å². The van der Waals surface area contributed by atoms with Crippen molar-refractivity contribution in [2.75, 3.05) is 0 Å². The number of nitrogens with zero attached hydrogens (tertiary/aromatic N) is 2. The molecule has 0 amide bonds. The lowest BCUT2D eigenvalue weighted by Crippen LogP contribution is -2.34. The van der Waals surface area contributed by atoms with E-state index in [0.717, 1.165) is 6.54 Å². The third-order valence-corrected chi connectivity index (χ3v) is 2.16. The summed E-state index contributed by atoms with van der Waals surface area (Å²) in [5.41, 5.74) is 1.66.